The van der Waals surface area contributed by atoms with Crippen molar-refractivity contribution in [3.8, 4) is 11.8 Å². The standard InChI is InChI=1S/C28H38N2O9S/c1-4-38-26(33)11-8-6-10-18-29-20(2)28(3,22-19-21(40(35,36)37)13-14-23(22)29)17-9-5-7-12-27(34)39-30-24(31)15-16-25(30)32/h13-16,19H,4-12,17-18H2,1-3H3,(H2-,31,32,35,36,37)/p+1. The molecule has 1 aliphatic rings. The molecule has 40 heavy (non-hydrogen) atoms. The Morgan fingerprint density at radius 1 is 0.950 bits per heavy atom. The van der Waals surface area contributed by atoms with Crippen molar-refractivity contribution in [3.05, 3.63) is 35.9 Å². The molecule has 0 saturated heterocycles. The summed E-state index contributed by atoms with van der Waals surface area (Å²) in [5.41, 5.74) is 2.31. The number of carbonyl (C=O) groups excluding carboxylic acids is 2. The summed E-state index contributed by atoms with van der Waals surface area (Å²) < 4.78 is 41.3. The summed E-state index contributed by atoms with van der Waals surface area (Å²) in [5, 5.41) is 19.2. The first-order valence-corrected chi connectivity index (χ1v) is 15.0. The minimum absolute atomic E-state index is 0.0951. The topological polar surface area (TPSA) is 155 Å². The second kappa shape index (κ2) is 13.3. The Labute approximate surface area is 234 Å². The van der Waals surface area contributed by atoms with E-state index in [1.54, 1.807) is 19.1 Å². The van der Waals surface area contributed by atoms with Gasteiger partial charge in [0.25, 0.3) is 10.1 Å². The van der Waals surface area contributed by atoms with E-state index in [-0.39, 0.29) is 29.0 Å². The van der Waals surface area contributed by atoms with Crippen LogP contribution in [0.4, 0.5) is 5.69 Å². The van der Waals surface area contributed by atoms with Gasteiger partial charge in [-0.25, -0.2) is 4.79 Å². The third kappa shape index (κ3) is 7.42. The number of benzene rings is 1. The van der Waals surface area contributed by atoms with Crippen LogP contribution in [0.5, 0.6) is 11.8 Å². The fraction of sp³-hybridized carbons (Fsp3) is 0.536. The van der Waals surface area contributed by atoms with Gasteiger partial charge in [-0.05, 0) is 51.7 Å². The summed E-state index contributed by atoms with van der Waals surface area (Å²) in [6.45, 7) is 6.94. The Bertz CT molecular complexity index is 1340. The van der Waals surface area contributed by atoms with Crippen molar-refractivity contribution in [2.75, 3.05) is 13.2 Å². The zero-order valence-corrected chi connectivity index (χ0v) is 24.1. The Morgan fingerprint density at radius 2 is 1.57 bits per heavy atom. The zero-order chi connectivity index (χ0) is 29.5. The number of nitrogens with zero attached hydrogens (tertiary/aromatic N) is 2. The average molecular weight is 580 g/mol. The lowest BCUT2D eigenvalue weighted by Gasteiger charge is -2.22. The molecule has 0 fully saturated rings. The molecular weight excluding hydrogens is 540 g/mol. The van der Waals surface area contributed by atoms with Gasteiger partial charge in [-0.3, -0.25) is 9.35 Å². The van der Waals surface area contributed by atoms with Crippen LogP contribution in [0, 0.1) is 0 Å². The molecule has 1 unspecified atom stereocenters. The third-order valence-electron chi connectivity index (χ3n) is 7.47. The van der Waals surface area contributed by atoms with Gasteiger partial charge in [0.15, 0.2) is 5.71 Å². The van der Waals surface area contributed by atoms with E-state index in [1.165, 1.54) is 18.2 Å². The van der Waals surface area contributed by atoms with Crippen LogP contribution in [0.2, 0.25) is 0 Å². The first-order chi connectivity index (χ1) is 18.9. The van der Waals surface area contributed by atoms with Crippen molar-refractivity contribution in [2.24, 2.45) is 0 Å². The highest BCUT2D eigenvalue weighted by atomic mass is 32.2. The second-order valence-corrected chi connectivity index (χ2v) is 11.6. The normalized spacial score (nSPS) is 16.7. The molecule has 0 radical (unpaired) electrons. The SMILES string of the molecule is CCOC(=O)CCCCC[N+]1=C(C)C(C)(CCCCCC(=O)On2c(O)ccc2O)c2cc(S(=O)(=O)O)ccc21. The Balaban J connectivity index is 1.64. The van der Waals surface area contributed by atoms with Gasteiger partial charge in [0, 0.05) is 49.9 Å². The molecule has 2 heterocycles. The number of aromatic nitrogens is 1. The Morgan fingerprint density at radius 3 is 2.20 bits per heavy atom. The highest BCUT2D eigenvalue weighted by Gasteiger charge is 2.46. The van der Waals surface area contributed by atoms with Crippen LogP contribution in [-0.4, -0.2) is 63.3 Å². The molecule has 0 saturated carbocycles. The number of hydrogen-bond donors (Lipinski definition) is 3. The number of esters is 1. The fourth-order valence-corrected chi connectivity index (χ4v) is 5.65. The van der Waals surface area contributed by atoms with E-state index in [9.17, 15) is 32.8 Å². The smallest absolute Gasteiger partial charge is 0.333 e. The fourth-order valence-electron chi connectivity index (χ4n) is 5.15. The lowest BCUT2D eigenvalue weighted by Crippen LogP contribution is -2.30. The molecule has 0 bridgehead atoms. The van der Waals surface area contributed by atoms with Crippen LogP contribution < -0.4 is 4.84 Å². The van der Waals surface area contributed by atoms with E-state index < -0.39 is 21.5 Å². The molecule has 12 heteroatoms. The van der Waals surface area contributed by atoms with Gasteiger partial charge in [0.05, 0.1) is 16.9 Å². The highest BCUT2D eigenvalue weighted by Crippen LogP contribution is 2.44. The van der Waals surface area contributed by atoms with Crippen LogP contribution in [0.3, 0.4) is 0 Å². The van der Waals surface area contributed by atoms with Crippen molar-refractivity contribution in [1.29, 1.82) is 0 Å². The second-order valence-electron chi connectivity index (χ2n) is 10.2. The van der Waals surface area contributed by atoms with E-state index in [1.807, 2.05) is 6.92 Å². The van der Waals surface area contributed by atoms with E-state index >= 15 is 0 Å². The van der Waals surface area contributed by atoms with Gasteiger partial charge in [0.2, 0.25) is 17.4 Å². The quantitative estimate of drug-likeness (QED) is 0.121. The Hall–Kier alpha value is -3.38. The molecule has 0 spiro atoms. The van der Waals surface area contributed by atoms with E-state index in [2.05, 4.69) is 11.5 Å². The monoisotopic (exact) mass is 579 g/mol. The molecule has 1 aromatic heterocycles. The summed E-state index contributed by atoms with van der Waals surface area (Å²) in [6, 6.07) is 7.10. The highest BCUT2D eigenvalue weighted by molar-refractivity contribution is 7.85. The van der Waals surface area contributed by atoms with Crippen molar-refractivity contribution < 1.29 is 46.9 Å². The lowest BCUT2D eigenvalue weighted by atomic mass is 9.76. The van der Waals surface area contributed by atoms with Crippen LogP contribution in [0.1, 0.15) is 84.1 Å². The minimum atomic E-state index is -4.37. The van der Waals surface area contributed by atoms with Crippen molar-refractivity contribution >= 4 is 33.5 Å². The zero-order valence-electron chi connectivity index (χ0n) is 23.3. The van der Waals surface area contributed by atoms with E-state index in [4.69, 9.17) is 9.57 Å². The third-order valence-corrected chi connectivity index (χ3v) is 8.32. The largest absolute Gasteiger partial charge is 0.492 e. The number of hydrogen-bond acceptors (Lipinski definition) is 8. The summed E-state index contributed by atoms with van der Waals surface area (Å²) in [5.74, 6) is -1.54. The number of unbranched alkanes of at least 4 members (excludes halogenated alkanes) is 4. The number of fused-ring (bicyclic) bond motifs is 1. The lowest BCUT2D eigenvalue weighted by molar-refractivity contribution is -0.439. The summed E-state index contributed by atoms with van der Waals surface area (Å²) in [7, 11) is -4.37. The van der Waals surface area contributed by atoms with Crippen molar-refractivity contribution in [1.82, 2.24) is 4.73 Å². The van der Waals surface area contributed by atoms with Gasteiger partial charge >= 0.3 is 11.9 Å². The van der Waals surface area contributed by atoms with E-state index in [0.717, 1.165) is 42.6 Å². The number of rotatable bonds is 15. The van der Waals surface area contributed by atoms with Gasteiger partial charge in [0.1, 0.15) is 6.54 Å². The predicted octanol–water partition coefficient (Wildman–Crippen LogP) is 4.25. The molecule has 1 atom stereocenters. The minimum Gasteiger partial charge on any atom is -0.492 e. The van der Waals surface area contributed by atoms with Gasteiger partial charge in [-0.2, -0.15) is 13.0 Å². The maximum absolute atomic E-state index is 12.1. The number of ether oxygens (including phenoxy) is 1. The molecule has 11 nitrogen and oxygen atoms in total. The number of carbonyl (C=O) groups is 2. The molecule has 1 aromatic carbocycles. The van der Waals surface area contributed by atoms with Crippen LogP contribution in [-0.2, 0) is 29.9 Å². The maximum atomic E-state index is 12.1. The molecule has 0 amide bonds. The van der Waals surface area contributed by atoms with Crippen LogP contribution >= 0.6 is 0 Å². The summed E-state index contributed by atoms with van der Waals surface area (Å²) in [6.07, 6.45) is 5.53. The number of aromatic hydroxyl groups is 2. The predicted molar refractivity (Wildman–Crippen MR) is 147 cm³/mol. The molecule has 2 aromatic rings. The van der Waals surface area contributed by atoms with Gasteiger partial charge < -0.3 is 19.8 Å². The summed E-state index contributed by atoms with van der Waals surface area (Å²) in [4.78, 5) is 28.6. The maximum Gasteiger partial charge on any atom is 0.333 e. The molecule has 1 aliphatic heterocycles. The summed E-state index contributed by atoms with van der Waals surface area (Å²) >= 11 is 0. The first-order valence-electron chi connectivity index (χ1n) is 13.6. The molecule has 0 aliphatic carbocycles. The first kappa shape index (κ1) is 31.2. The average Bonchev–Trinajstić information content (AvgIpc) is 3.31. The molecule has 3 N–H and O–H groups in total. The van der Waals surface area contributed by atoms with Gasteiger partial charge in [-0.15, -0.1) is 4.73 Å². The molecular formula is C28H39N2O9S+. The van der Waals surface area contributed by atoms with Crippen LogP contribution in [0.25, 0.3) is 0 Å². The van der Waals surface area contributed by atoms with Crippen LogP contribution in [0.15, 0.2) is 35.2 Å². The van der Waals surface area contributed by atoms with Gasteiger partial charge in [-0.1, -0.05) is 12.8 Å². The van der Waals surface area contributed by atoms with Crippen molar-refractivity contribution in [2.45, 2.75) is 88.9 Å². The molecule has 3 rings (SSSR count). The van der Waals surface area contributed by atoms with E-state index in [0.29, 0.717) is 43.6 Å². The van der Waals surface area contributed by atoms with Crippen molar-refractivity contribution in [3.63, 3.8) is 0 Å². The Kier molecular flexibility index (Phi) is 10.4. The molecule has 220 valence electrons.